The normalized spacial score (nSPS) is 16.5. The smallest absolute Gasteiger partial charge is 0.0414 e. The fourth-order valence-electron chi connectivity index (χ4n) is 3.25. The van der Waals surface area contributed by atoms with E-state index in [1.807, 2.05) is 0 Å². The summed E-state index contributed by atoms with van der Waals surface area (Å²) in [6, 6.07) is 9.49. The van der Waals surface area contributed by atoms with Crippen LogP contribution in [0.3, 0.4) is 0 Å². The van der Waals surface area contributed by atoms with Crippen LogP contribution in [0.4, 0.5) is 5.69 Å². The Balaban J connectivity index is 2.16. The number of anilines is 1. The van der Waals surface area contributed by atoms with Gasteiger partial charge in [0.25, 0.3) is 0 Å². The van der Waals surface area contributed by atoms with Crippen molar-refractivity contribution in [3.8, 4) is 0 Å². The SMILES string of the molecule is CCCNC(CC)c1ccccc1N(CC)CC1CCC1. The summed E-state index contributed by atoms with van der Waals surface area (Å²) >= 11 is 0. The molecule has 1 aliphatic carbocycles. The van der Waals surface area contributed by atoms with Crippen LogP contribution in [-0.4, -0.2) is 19.6 Å². The molecule has 1 aliphatic rings. The van der Waals surface area contributed by atoms with Crippen LogP contribution in [0.1, 0.15) is 64.5 Å². The molecule has 0 aromatic heterocycles. The van der Waals surface area contributed by atoms with Crippen LogP contribution in [0.2, 0.25) is 0 Å². The first-order chi connectivity index (χ1) is 10.3. The summed E-state index contributed by atoms with van der Waals surface area (Å²) in [7, 11) is 0. The molecular weight excluding hydrogens is 256 g/mol. The number of hydrogen-bond acceptors (Lipinski definition) is 2. The lowest BCUT2D eigenvalue weighted by molar-refractivity contribution is 0.318. The van der Waals surface area contributed by atoms with Gasteiger partial charge in [0.15, 0.2) is 0 Å². The van der Waals surface area contributed by atoms with E-state index in [0.717, 1.165) is 25.4 Å². The number of hydrogen-bond donors (Lipinski definition) is 1. The van der Waals surface area contributed by atoms with Gasteiger partial charge in [-0.3, -0.25) is 0 Å². The molecule has 0 aliphatic heterocycles. The standard InChI is InChI=1S/C19H32N2/c1-4-14-20-18(5-2)17-12-7-8-13-19(17)21(6-3)15-16-10-9-11-16/h7-8,12-13,16,18,20H,4-6,9-11,14-15H2,1-3H3. The van der Waals surface area contributed by atoms with Gasteiger partial charge < -0.3 is 10.2 Å². The zero-order valence-corrected chi connectivity index (χ0v) is 14.1. The Kier molecular flexibility index (Phi) is 6.56. The highest BCUT2D eigenvalue weighted by atomic mass is 15.1. The van der Waals surface area contributed by atoms with Crippen LogP contribution in [0, 0.1) is 5.92 Å². The highest BCUT2D eigenvalue weighted by Gasteiger charge is 2.22. The lowest BCUT2D eigenvalue weighted by atomic mass is 9.85. The summed E-state index contributed by atoms with van der Waals surface area (Å²) in [6.07, 6.45) is 6.61. The first kappa shape index (κ1) is 16.4. The van der Waals surface area contributed by atoms with E-state index in [9.17, 15) is 0 Å². The molecule has 2 nitrogen and oxygen atoms in total. The van der Waals surface area contributed by atoms with Crippen LogP contribution in [-0.2, 0) is 0 Å². The first-order valence-electron chi connectivity index (χ1n) is 8.87. The Hall–Kier alpha value is -1.02. The average Bonchev–Trinajstić information content (AvgIpc) is 2.48. The van der Waals surface area contributed by atoms with Crippen molar-refractivity contribution in [2.75, 3.05) is 24.5 Å². The van der Waals surface area contributed by atoms with Crippen molar-refractivity contribution >= 4 is 5.69 Å². The number of benzene rings is 1. The Bertz CT molecular complexity index is 412. The predicted octanol–water partition coefficient (Wildman–Crippen LogP) is 4.76. The third kappa shape index (κ3) is 4.23. The van der Waals surface area contributed by atoms with Crippen LogP contribution in [0.15, 0.2) is 24.3 Å². The summed E-state index contributed by atoms with van der Waals surface area (Å²) in [5, 5.41) is 3.71. The van der Waals surface area contributed by atoms with Crippen LogP contribution in [0.5, 0.6) is 0 Å². The maximum Gasteiger partial charge on any atom is 0.0414 e. The fourth-order valence-corrected chi connectivity index (χ4v) is 3.25. The molecule has 1 saturated carbocycles. The lowest BCUT2D eigenvalue weighted by Crippen LogP contribution is -2.34. The van der Waals surface area contributed by atoms with Crippen molar-refractivity contribution in [2.45, 2.75) is 58.9 Å². The van der Waals surface area contributed by atoms with Crippen LogP contribution >= 0.6 is 0 Å². The maximum absolute atomic E-state index is 3.71. The van der Waals surface area contributed by atoms with E-state index in [4.69, 9.17) is 0 Å². The molecule has 118 valence electrons. The van der Waals surface area contributed by atoms with E-state index in [-0.39, 0.29) is 0 Å². The Morgan fingerprint density at radius 2 is 1.95 bits per heavy atom. The second kappa shape index (κ2) is 8.43. The molecule has 0 saturated heterocycles. The average molecular weight is 288 g/mol. The predicted molar refractivity (Wildman–Crippen MR) is 93.0 cm³/mol. The zero-order valence-electron chi connectivity index (χ0n) is 14.1. The summed E-state index contributed by atoms with van der Waals surface area (Å²) in [5.41, 5.74) is 2.93. The summed E-state index contributed by atoms with van der Waals surface area (Å²) < 4.78 is 0. The molecule has 1 aromatic carbocycles. The first-order valence-corrected chi connectivity index (χ1v) is 8.87. The molecule has 0 radical (unpaired) electrons. The molecule has 0 amide bonds. The van der Waals surface area contributed by atoms with Gasteiger partial charge in [-0.1, -0.05) is 38.5 Å². The third-order valence-corrected chi connectivity index (χ3v) is 4.79. The summed E-state index contributed by atoms with van der Waals surface area (Å²) in [5.74, 6) is 0.918. The van der Waals surface area contributed by atoms with Gasteiger partial charge in [-0.2, -0.15) is 0 Å². The van der Waals surface area contributed by atoms with Gasteiger partial charge in [0, 0.05) is 24.8 Å². The monoisotopic (exact) mass is 288 g/mol. The Morgan fingerprint density at radius 3 is 2.52 bits per heavy atom. The van der Waals surface area contributed by atoms with E-state index < -0.39 is 0 Å². The van der Waals surface area contributed by atoms with Crippen molar-refractivity contribution in [1.82, 2.24) is 5.32 Å². The second-order valence-electron chi connectivity index (χ2n) is 6.31. The van der Waals surface area contributed by atoms with Gasteiger partial charge in [-0.05, 0) is 56.7 Å². The van der Waals surface area contributed by atoms with Crippen LogP contribution < -0.4 is 10.2 Å². The zero-order chi connectivity index (χ0) is 15.1. The lowest BCUT2D eigenvalue weighted by Gasteiger charge is -2.35. The van der Waals surface area contributed by atoms with E-state index >= 15 is 0 Å². The second-order valence-corrected chi connectivity index (χ2v) is 6.31. The number of nitrogens with one attached hydrogen (secondary N) is 1. The summed E-state index contributed by atoms with van der Waals surface area (Å²) in [6.45, 7) is 10.2. The highest BCUT2D eigenvalue weighted by molar-refractivity contribution is 5.55. The molecule has 1 atom stereocenters. The minimum atomic E-state index is 0.483. The van der Waals surface area contributed by atoms with Crippen molar-refractivity contribution in [3.05, 3.63) is 29.8 Å². The molecule has 0 spiro atoms. The van der Waals surface area contributed by atoms with E-state index in [2.05, 4.69) is 55.3 Å². The van der Waals surface area contributed by atoms with Gasteiger partial charge in [-0.25, -0.2) is 0 Å². The topological polar surface area (TPSA) is 15.3 Å². The van der Waals surface area contributed by atoms with Crippen LogP contribution in [0.25, 0.3) is 0 Å². The van der Waals surface area contributed by atoms with Gasteiger partial charge in [0.1, 0.15) is 0 Å². The van der Waals surface area contributed by atoms with Gasteiger partial charge in [0.05, 0.1) is 0 Å². The maximum atomic E-state index is 3.71. The largest absolute Gasteiger partial charge is 0.371 e. The van der Waals surface area contributed by atoms with E-state index in [1.165, 1.54) is 43.5 Å². The highest BCUT2D eigenvalue weighted by Crippen LogP contribution is 2.32. The fraction of sp³-hybridized carbons (Fsp3) is 0.684. The van der Waals surface area contributed by atoms with E-state index in [1.54, 1.807) is 0 Å². The number of para-hydroxylation sites is 1. The molecule has 2 rings (SSSR count). The van der Waals surface area contributed by atoms with E-state index in [0.29, 0.717) is 6.04 Å². The van der Waals surface area contributed by atoms with Gasteiger partial charge >= 0.3 is 0 Å². The molecule has 1 unspecified atom stereocenters. The number of rotatable bonds is 9. The van der Waals surface area contributed by atoms with Crippen molar-refractivity contribution < 1.29 is 0 Å². The van der Waals surface area contributed by atoms with Crippen molar-refractivity contribution in [2.24, 2.45) is 5.92 Å². The third-order valence-electron chi connectivity index (χ3n) is 4.79. The van der Waals surface area contributed by atoms with Gasteiger partial charge in [-0.15, -0.1) is 0 Å². The summed E-state index contributed by atoms with van der Waals surface area (Å²) in [4.78, 5) is 2.59. The van der Waals surface area contributed by atoms with Gasteiger partial charge in [0.2, 0.25) is 0 Å². The Morgan fingerprint density at radius 1 is 1.19 bits per heavy atom. The molecule has 1 fully saturated rings. The van der Waals surface area contributed by atoms with Crippen molar-refractivity contribution in [1.29, 1.82) is 0 Å². The molecular formula is C19H32N2. The minimum Gasteiger partial charge on any atom is -0.371 e. The molecule has 1 N–H and O–H groups in total. The molecule has 0 heterocycles. The molecule has 1 aromatic rings. The van der Waals surface area contributed by atoms with Crippen molar-refractivity contribution in [3.63, 3.8) is 0 Å². The minimum absolute atomic E-state index is 0.483. The quantitative estimate of drug-likeness (QED) is 0.704. The molecule has 2 heteroatoms. The number of nitrogens with zero attached hydrogens (tertiary/aromatic N) is 1. The Labute approximate surface area is 130 Å². The molecule has 21 heavy (non-hydrogen) atoms. The molecule has 0 bridgehead atoms.